The van der Waals surface area contributed by atoms with E-state index in [0.717, 1.165) is 13.0 Å². The summed E-state index contributed by atoms with van der Waals surface area (Å²) < 4.78 is 0.347. The first kappa shape index (κ1) is 15.6. The van der Waals surface area contributed by atoms with Crippen molar-refractivity contribution in [3.05, 3.63) is 35.4 Å². The van der Waals surface area contributed by atoms with Crippen LogP contribution in [-0.2, 0) is 6.42 Å². The van der Waals surface area contributed by atoms with Crippen LogP contribution in [0.25, 0.3) is 0 Å². The number of hydrogen-bond donors (Lipinski definition) is 1. The summed E-state index contributed by atoms with van der Waals surface area (Å²) in [5.74, 6) is 1.17. The van der Waals surface area contributed by atoms with Gasteiger partial charge in [-0.05, 0) is 31.0 Å². The molecule has 0 heterocycles. The molecule has 0 saturated carbocycles. The molecule has 0 aromatic heterocycles. The predicted molar refractivity (Wildman–Crippen MR) is 84.6 cm³/mol. The van der Waals surface area contributed by atoms with Crippen LogP contribution in [-0.4, -0.2) is 23.1 Å². The highest BCUT2D eigenvalue weighted by molar-refractivity contribution is 8.00. The summed E-state index contributed by atoms with van der Waals surface area (Å²) >= 11 is 2.04. The maximum absolute atomic E-state index is 3.61. The molecule has 0 saturated heterocycles. The van der Waals surface area contributed by atoms with Crippen LogP contribution >= 0.6 is 11.8 Å². The van der Waals surface area contributed by atoms with E-state index >= 15 is 0 Å². The Bertz CT molecular complexity index is 354. The second kappa shape index (κ2) is 7.20. The minimum atomic E-state index is 0.347. The van der Waals surface area contributed by atoms with Gasteiger partial charge in [0.05, 0.1) is 0 Å². The third-order valence-corrected chi connectivity index (χ3v) is 4.37. The van der Waals surface area contributed by atoms with E-state index in [0.29, 0.717) is 10.8 Å². The van der Waals surface area contributed by atoms with Crippen LogP contribution in [0.15, 0.2) is 24.3 Å². The lowest BCUT2D eigenvalue weighted by Gasteiger charge is -2.24. The molecule has 0 radical (unpaired) electrons. The molecule has 0 fully saturated rings. The van der Waals surface area contributed by atoms with E-state index in [1.165, 1.54) is 16.9 Å². The molecule has 0 spiro atoms. The van der Waals surface area contributed by atoms with Gasteiger partial charge in [-0.2, -0.15) is 11.8 Å². The third-order valence-electron chi connectivity index (χ3n) is 2.94. The Morgan fingerprint density at radius 2 is 1.89 bits per heavy atom. The molecule has 18 heavy (non-hydrogen) atoms. The van der Waals surface area contributed by atoms with Gasteiger partial charge in [-0.3, -0.25) is 0 Å². The molecule has 2 heteroatoms. The molecule has 1 rings (SSSR count). The lowest BCUT2D eigenvalue weighted by Crippen LogP contribution is -2.34. The van der Waals surface area contributed by atoms with Crippen LogP contribution in [0, 0.1) is 6.92 Å². The van der Waals surface area contributed by atoms with E-state index < -0.39 is 0 Å². The second-order valence-electron chi connectivity index (χ2n) is 5.81. The maximum Gasteiger partial charge on any atom is 0.0198 e. The quantitative estimate of drug-likeness (QED) is 0.833. The van der Waals surface area contributed by atoms with Gasteiger partial charge in [0.25, 0.3) is 0 Å². The first-order valence-electron chi connectivity index (χ1n) is 6.84. The number of benzene rings is 1. The number of thioether (sulfide) groups is 1. The lowest BCUT2D eigenvalue weighted by molar-refractivity contribution is 0.569. The zero-order valence-corrected chi connectivity index (χ0v) is 13.2. The molecule has 1 aromatic rings. The van der Waals surface area contributed by atoms with Crippen molar-refractivity contribution in [1.82, 2.24) is 5.32 Å². The summed E-state index contributed by atoms with van der Waals surface area (Å²) in [6, 6.07) is 9.28. The van der Waals surface area contributed by atoms with Gasteiger partial charge in [0.1, 0.15) is 0 Å². The van der Waals surface area contributed by atoms with Gasteiger partial charge in [0, 0.05) is 16.5 Å². The van der Waals surface area contributed by atoms with Crippen LogP contribution in [0.5, 0.6) is 0 Å². The normalized spacial score (nSPS) is 13.6. The van der Waals surface area contributed by atoms with Crippen molar-refractivity contribution in [1.29, 1.82) is 0 Å². The number of rotatable bonds is 6. The van der Waals surface area contributed by atoms with Crippen LogP contribution in [0.2, 0.25) is 0 Å². The topological polar surface area (TPSA) is 12.0 Å². The van der Waals surface area contributed by atoms with Crippen LogP contribution in [0.3, 0.4) is 0 Å². The highest BCUT2D eigenvalue weighted by atomic mass is 32.2. The molecule has 1 N–H and O–H groups in total. The number of nitrogens with one attached hydrogen (secondary N) is 1. The molecule has 0 amide bonds. The number of likely N-dealkylation sites (N-methyl/N-ethyl adjacent to an activating group) is 1. The van der Waals surface area contributed by atoms with Crippen molar-refractivity contribution in [3.8, 4) is 0 Å². The summed E-state index contributed by atoms with van der Waals surface area (Å²) in [4.78, 5) is 0. The van der Waals surface area contributed by atoms with E-state index in [9.17, 15) is 0 Å². The highest BCUT2D eigenvalue weighted by Gasteiger charge is 2.16. The number of aryl methyl sites for hydroxylation is 1. The molecule has 1 unspecified atom stereocenters. The molecule has 0 aliphatic carbocycles. The van der Waals surface area contributed by atoms with E-state index in [4.69, 9.17) is 0 Å². The Morgan fingerprint density at radius 1 is 1.22 bits per heavy atom. The van der Waals surface area contributed by atoms with E-state index in [-0.39, 0.29) is 0 Å². The smallest absolute Gasteiger partial charge is 0.0198 e. The van der Waals surface area contributed by atoms with Crippen molar-refractivity contribution in [2.24, 2.45) is 0 Å². The van der Waals surface area contributed by atoms with Crippen LogP contribution < -0.4 is 5.32 Å². The van der Waals surface area contributed by atoms with E-state index in [1.54, 1.807) is 0 Å². The fourth-order valence-electron chi connectivity index (χ4n) is 1.93. The van der Waals surface area contributed by atoms with Gasteiger partial charge in [-0.15, -0.1) is 0 Å². The molecule has 0 aliphatic rings. The predicted octanol–water partition coefficient (Wildman–Crippen LogP) is 4.05. The zero-order chi connectivity index (χ0) is 13.6. The molecule has 1 atom stereocenters. The molecule has 102 valence electrons. The molecule has 0 aliphatic heterocycles. The third kappa shape index (κ3) is 5.92. The average Bonchev–Trinajstić information content (AvgIpc) is 2.28. The standard InChI is InChI=1S/C16H27NS/c1-6-17-15(12-18-16(3,4)5)11-14-10-8-7-9-13(14)2/h7-10,15,17H,6,11-12H2,1-5H3. The van der Waals surface area contributed by atoms with Gasteiger partial charge in [-0.25, -0.2) is 0 Å². The van der Waals surface area contributed by atoms with Crippen molar-refractivity contribution in [3.63, 3.8) is 0 Å². The Hall–Kier alpha value is -0.470. The molecule has 0 bridgehead atoms. The fourth-order valence-corrected chi connectivity index (χ4v) is 2.87. The molecular formula is C16H27NS. The van der Waals surface area contributed by atoms with E-state index in [2.05, 4.69) is 64.2 Å². The summed E-state index contributed by atoms with van der Waals surface area (Å²) in [7, 11) is 0. The van der Waals surface area contributed by atoms with Gasteiger partial charge in [-0.1, -0.05) is 52.0 Å². The monoisotopic (exact) mass is 265 g/mol. The maximum atomic E-state index is 3.61. The average molecular weight is 265 g/mol. The van der Waals surface area contributed by atoms with Gasteiger partial charge < -0.3 is 5.32 Å². The minimum absolute atomic E-state index is 0.347. The Morgan fingerprint density at radius 3 is 2.44 bits per heavy atom. The first-order chi connectivity index (χ1) is 8.42. The summed E-state index contributed by atoms with van der Waals surface area (Å²) in [5, 5.41) is 3.61. The summed E-state index contributed by atoms with van der Waals surface area (Å²) in [5.41, 5.74) is 2.87. The molecule has 1 aromatic carbocycles. The largest absolute Gasteiger partial charge is 0.313 e. The SMILES string of the molecule is CCNC(CSC(C)(C)C)Cc1ccccc1C. The summed E-state index contributed by atoms with van der Waals surface area (Å²) in [6.45, 7) is 12.3. The van der Waals surface area contributed by atoms with E-state index in [1.807, 2.05) is 11.8 Å². The zero-order valence-electron chi connectivity index (χ0n) is 12.4. The highest BCUT2D eigenvalue weighted by Crippen LogP contribution is 2.24. The second-order valence-corrected chi connectivity index (χ2v) is 7.66. The lowest BCUT2D eigenvalue weighted by atomic mass is 10.0. The van der Waals surface area contributed by atoms with Gasteiger partial charge in [0.15, 0.2) is 0 Å². The molecular weight excluding hydrogens is 238 g/mol. The first-order valence-corrected chi connectivity index (χ1v) is 7.83. The van der Waals surface area contributed by atoms with Crippen LogP contribution in [0.1, 0.15) is 38.8 Å². The van der Waals surface area contributed by atoms with Crippen molar-refractivity contribution >= 4 is 11.8 Å². The van der Waals surface area contributed by atoms with Crippen LogP contribution in [0.4, 0.5) is 0 Å². The van der Waals surface area contributed by atoms with Crippen molar-refractivity contribution < 1.29 is 0 Å². The number of hydrogen-bond acceptors (Lipinski definition) is 2. The Balaban J connectivity index is 2.60. The molecule has 1 nitrogen and oxygen atoms in total. The Labute approximate surface area is 117 Å². The van der Waals surface area contributed by atoms with Crippen molar-refractivity contribution in [2.45, 2.75) is 51.8 Å². The van der Waals surface area contributed by atoms with Gasteiger partial charge in [0.2, 0.25) is 0 Å². The fraction of sp³-hybridized carbons (Fsp3) is 0.625. The van der Waals surface area contributed by atoms with Gasteiger partial charge >= 0.3 is 0 Å². The van der Waals surface area contributed by atoms with Crippen molar-refractivity contribution in [2.75, 3.05) is 12.3 Å². The summed E-state index contributed by atoms with van der Waals surface area (Å²) in [6.07, 6.45) is 1.13. The minimum Gasteiger partial charge on any atom is -0.313 e. The Kier molecular flexibility index (Phi) is 6.24.